The molecule has 1 aliphatic rings. The molecule has 2 heterocycles. The molecule has 0 saturated carbocycles. The normalized spacial score (nSPS) is 16.7. The van der Waals surface area contributed by atoms with Crippen LogP contribution in [0.15, 0.2) is 47.8 Å². The van der Waals surface area contributed by atoms with Crippen molar-refractivity contribution in [2.45, 2.75) is 45.3 Å². The molecular weight excluding hydrogens is 370 g/mol. The first-order chi connectivity index (χ1) is 13.5. The van der Waals surface area contributed by atoms with Crippen LogP contribution in [-0.4, -0.2) is 41.9 Å². The van der Waals surface area contributed by atoms with E-state index in [1.807, 2.05) is 31.4 Å². The van der Waals surface area contributed by atoms with E-state index in [4.69, 9.17) is 0 Å². The third-order valence-corrected chi connectivity index (χ3v) is 6.03. The number of rotatable bonds is 7. The Hall–Kier alpha value is -2.18. The zero-order chi connectivity index (χ0) is 19.9. The van der Waals surface area contributed by atoms with Gasteiger partial charge in [0, 0.05) is 25.7 Å². The van der Waals surface area contributed by atoms with E-state index < -0.39 is 6.04 Å². The van der Waals surface area contributed by atoms with Crippen molar-refractivity contribution in [2.75, 3.05) is 13.1 Å². The molecule has 1 aromatic carbocycles. The Kier molecular flexibility index (Phi) is 7.23. The fourth-order valence-electron chi connectivity index (χ4n) is 3.52. The maximum absolute atomic E-state index is 12.8. The van der Waals surface area contributed by atoms with Gasteiger partial charge in [-0.3, -0.25) is 14.5 Å². The van der Waals surface area contributed by atoms with Crippen molar-refractivity contribution in [3.05, 3.63) is 58.3 Å². The van der Waals surface area contributed by atoms with E-state index in [9.17, 15) is 9.59 Å². The van der Waals surface area contributed by atoms with Gasteiger partial charge in [-0.15, -0.1) is 11.3 Å². The van der Waals surface area contributed by atoms with Crippen molar-refractivity contribution in [1.29, 1.82) is 0 Å². The van der Waals surface area contributed by atoms with Gasteiger partial charge in [-0.2, -0.15) is 0 Å². The molecule has 1 unspecified atom stereocenters. The lowest BCUT2D eigenvalue weighted by molar-refractivity contribution is -0.125. The summed E-state index contributed by atoms with van der Waals surface area (Å²) in [4.78, 5) is 28.2. The highest BCUT2D eigenvalue weighted by Crippen LogP contribution is 2.15. The van der Waals surface area contributed by atoms with Gasteiger partial charge in [-0.25, -0.2) is 0 Å². The summed E-state index contributed by atoms with van der Waals surface area (Å²) >= 11 is 1.38. The van der Waals surface area contributed by atoms with E-state index in [-0.39, 0.29) is 23.8 Å². The Balaban J connectivity index is 1.48. The third-order valence-electron chi connectivity index (χ3n) is 5.16. The van der Waals surface area contributed by atoms with Crippen LogP contribution in [0.5, 0.6) is 0 Å². The van der Waals surface area contributed by atoms with Gasteiger partial charge >= 0.3 is 0 Å². The van der Waals surface area contributed by atoms with Crippen LogP contribution in [-0.2, 0) is 11.3 Å². The Morgan fingerprint density at radius 3 is 2.43 bits per heavy atom. The molecule has 1 atom stereocenters. The number of carbonyl (C=O) groups is 2. The number of hydrogen-bond acceptors (Lipinski definition) is 4. The van der Waals surface area contributed by atoms with Crippen molar-refractivity contribution in [1.82, 2.24) is 15.5 Å². The van der Waals surface area contributed by atoms with Crippen molar-refractivity contribution < 1.29 is 9.59 Å². The maximum atomic E-state index is 12.8. The molecule has 0 spiro atoms. The molecule has 6 heteroatoms. The van der Waals surface area contributed by atoms with E-state index in [0.29, 0.717) is 4.88 Å². The maximum Gasteiger partial charge on any atom is 0.262 e. The topological polar surface area (TPSA) is 61.4 Å². The molecule has 1 aliphatic heterocycles. The van der Waals surface area contributed by atoms with Crippen molar-refractivity contribution in [3.63, 3.8) is 0 Å². The minimum Gasteiger partial charge on any atom is -0.351 e. The van der Waals surface area contributed by atoms with Gasteiger partial charge in [0.1, 0.15) is 6.04 Å². The fourth-order valence-corrected chi connectivity index (χ4v) is 4.15. The molecule has 5 nitrogen and oxygen atoms in total. The van der Waals surface area contributed by atoms with Crippen LogP contribution >= 0.6 is 11.3 Å². The molecule has 0 bridgehead atoms. The lowest BCUT2D eigenvalue weighted by Crippen LogP contribution is -2.53. The Labute approximate surface area is 171 Å². The standard InChI is InChI=1S/C22H29N3O2S/c1-16(2)20(24-21(26)19-9-6-14-28-19)22(27)23-18-10-12-25(13-11-18)15-17-7-4-3-5-8-17/h3-9,14,16,18,20H,10-13,15H2,1-2H3,(H,23,27)(H,24,26). The molecule has 2 aromatic rings. The number of thiophene rings is 1. The molecule has 2 amide bonds. The molecule has 1 aromatic heterocycles. The van der Waals surface area contributed by atoms with Crippen LogP contribution in [0.1, 0.15) is 41.9 Å². The van der Waals surface area contributed by atoms with Crippen molar-refractivity contribution in [2.24, 2.45) is 5.92 Å². The largest absolute Gasteiger partial charge is 0.351 e. The van der Waals surface area contributed by atoms with Gasteiger partial charge in [0.25, 0.3) is 5.91 Å². The predicted molar refractivity (Wildman–Crippen MR) is 113 cm³/mol. The lowest BCUT2D eigenvalue weighted by atomic mass is 10.00. The fraction of sp³-hybridized carbons (Fsp3) is 0.455. The highest BCUT2D eigenvalue weighted by Gasteiger charge is 2.28. The lowest BCUT2D eigenvalue weighted by Gasteiger charge is -2.33. The monoisotopic (exact) mass is 399 g/mol. The molecule has 28 heavy (non-hydrogen) atoms. The molecule has 0 aliphatic carbocycles. The summed E-state index contributed by atoms with van der Waals surface area (Å²) in [6.45, 7) is 6.80. The highest BCUT2D eigenvalue weighted by atomic mass is 32.1. The quantitative estimate of drug-likeness (QED) is 0.751. The molecule has 150 valence electrons. The molecule has 0 radical (unpaired) electrons. The van der Waals surface area contributed by atoms with Crippen LogP contribution in [0, 0.1) is 5.92 Å². The van der Waals surface area contributed by atoms with Crippen LogP contribution in [0.25, 0.3) is 0 Å². The summed E-state index contributed by atoms with van der Waals surface area (Å²) in [7, 11) is 0. The zero-order valence-electron chi connectivity index (χ0n) is 16.6. The second kappa shape index (κ2) is 9.85. The van der Waals surface area contributed by atoms with E-state index >= 15 is 0 Å². The number of piperidine rings is 1. The molecular formula is C22H29N3O2S. The molecule has 1 saturated heterocycles. The number of carbonyl (C=O) groups excluding carboxylic acids is 2. The zero-order valence-corrected chi connectivity index (χ0v) is 17.4. The van der Waals surface area contributed by atoms with Gasteiger partial charge in [0.2, 0.25) is 5.91 Å². The van der Waals surface area contributed by atoms with E-state index in [1.54, 1.807) is 6.07 Å². The van der Waals surface area contributed by atoms with Crippen molar-refractivity contribution in [3.8, 4) is 0 Å². The Morgan fingerprint density at radius 1 is 1.11 bits per heavy atom. The van der Waals surface area contributed by atoms with Gasteiger partial charge in [-0.1, -0.05) is 50.2 Å². The van der Waals surface area contributed by atoms with Crippen LogP contribution in [0.2, 0.25) is 0 Å². The van der Waals surface area contributed by atoms with Gasteiger partial charge in [0.05, 0.1) is 4.88 Å². The second-order valence-electron chi connectivity index (χ2n) is 7.72. The number of amides is 2. The van der Waals surface area contributed by atoms with E-state index in [2.05, 4.69) is 39.8 Å². The highest BCUT2D eigenvalue weighted by molar-refractivity contribution is 7.12. The van der Waals surface area contributed by atoms with E-state index in [0.717, 1.165) is 32.5 Å². The minimum atomic E-state index is -0.517. The molecule has 3 rings (SSSR count). The molecule has 2 N–H and O–H groups in total. The average Bonchev–Trinajstić information content (AvgIpc) is 3.23. The third kappa shape index (κ3) is 5.66. The summed E-state index contributed by atoms with van der Waals surface area (Å²) in [6.07, 6.45) is 1.87. The predicted octanol–water partition coefficient (Wildman–Crippen LogP) is 3.28. The average molecular weight is 400 g/mol. The van der Waals surface area contributed by atoms with Gasteiger partial charge in [-0.05, 0) is 35.8 Å². The second-order valence-corrected chi connectivity index (χ2v) is 8.66. The molecule has 1 fully saturated rings. The van der Waals surface area contributed by atoms with Crippen LogP contribution in [0.4, 0.5) is 0 Å². The summed E-state index contributed by atoms with van der Waals surface area (Å²) in [5, 5.41) is 7.92. The van der Waals surface area contributed by atoms with Crippen molar-refractivity contribution >= 4 is 23.2 Å². The smallest absolute Gasteiger partial charge is 0.262 e. The SMILES string of the molecule is CC(C)C(NC(=O)c1cccs1)C(=O)NC1CCN(Cc2ccccc2)CC1. The summed E-state index contributed by atoms with van der Waals surface area (Å²) in [6, 6.07) is 13.7. The number of benzene rings is 1. The first kappa shape index (κ1) is 20.6. The Morgan fingerprint density at radius 2 is 1.82 bits per heavy atom. The number of nitrogens with one attached hydrogen (secondary N) is 2. The first-order valence-corrected chi connectivity index (χ1v) is 10.8. The number of hydrogen-bond donors (Lipinski definition) is 2. The van der Waals surface area contributed by atoms with E-state index in [1.165, 1.54) is 16.9 Å². The summed E-state index contributed by atoms with van der Waals surface area (Å²) in [5.74, 6) is -0.231. The minimum absolute atomic E-state index is 0.0297. The number of likely N-dealkylation sites (tertiary alicyclic amines) is 1. The summed E-state index contributed by atoms with van der Waals surface area (Å²) < 4.78 is 0. The van der Waals surface area contributed by atoms with Crippen LogP contribution in [0.3, 0.4) is 0 Å². The first-order valence-electron chi connectivity index (χ1n) is 9.94. The summed E-state index contributed by atoms with van der Waals surface area (Å²) in [5.41, 5.74) is 1.32. The van der Waals surface area contributed by atoms with Crippen LogP contribution < -0.4 is 10.6 Å². The Bertz CT molecular complexity index is 753. The van der Waals surface area contributed by atoms with Gasteiger partial charge in [0.15, 0.2) is 0 Å². The number of nitrogens with zero attached hydrogens (tertiary/aromatic N) is 1. The van der Waals surface area contributed by atoms with Gasteiger partial charge < -0.3 is 10.6 Å².